The Morgan fingerprint density at radius 1 is 1.10 bits per heavy atom. The maximum atomic E-state index is 11.4. The van der Waals surface area contributed by atoms with Crippen molar-refractivity contribution < 1.29 is 28.7 Å². The number of nitrogens with zero attached hydrogens (tertiary/aromatic N) is 1. The van der Waals surface area contributed by atoms with Crippen molar-refractivity contribution in [2.24, 2.45) is 0 Å². The highest BCUT2D eigenvalue weighted by atomic mass is 16.7. The van der Waals surface area contributed by atoms with Gasteiger partial charge in [0.2, 0.25) is 0 Å². The normalized spacial score (nSPS) is 14.7. The highest BCUT2D eigenvalue weighted by Crippen LogP contribution is 2.12. The maximum absolute atomic E-state index is 11.4. The van der Waals surface area contributed by atoms with E-state index in [0.29, 0.717) is 24.9 Å². The molecule has 1 rings (SSSR count). The quantitative estimate of drug-likeness (QED) is 0.332. The summed E-state index contributed by atoms with van der Waals surface area (Å²) < 4.78 is 10.4. The monoisotopic (exact) mass is 285 g/mol. The van der Waals surface area contributed by atoms with Gasteiger partial charge in [0.05, 0.1) is 32.8 Å². The van der Waals surface area contributed by atoms with Gasteiger partial charge in [-0.3, -0.25) is 9.59 Å². The smallest absolute Gasteiger partial charge is 0.335 e. The first-order valence-corrected chi connectivity index (χ1v) is 6.48. The molecule has 1 aliphatic rings. The van der Waals surface area contributed by atoms with Crippen LogP contribution in [0.15, 0.2) is 12.7 Å². The Hall–Kier alpha value is -1.73. The lowest BCUT2D eigenvalue weighted by Gasteiger charge is -2.12. The second-order valence-corrected chi connectivity index (χ2v) is 4.10. The number of carbonyl (C=O) groups excluding carboxylic acids is 3. The van der Waals surface area contributed by atoms with E-state index < -0.39 is 17.8 Å². The standard InChI is InChI=1S/C13H19NO6/c1-2-3-7-18-9-10-19-8-6-13(17)20-14-11(15)4-5-12(14)16/h2H,1,3-10H2. The fourth-order valence-corrected chi connectivity index (χ4v) is 1.45. The molecule has 0 unspecified atom stereocenters. The van der Waals surface area contributed by atoms with Crippen molar-refractivity contribution in [3.63, 3.8) is 0 Å². The lowest BCUT2D eigenvalue weighted by molar-refractivity contribution is -0.198. The molecule has 0 spiro atoms. The summed E-state index contributed by atoms with van der Waals surface area (Å²) in [6.45, 7) is 5.11. The van der Waals surface area contributed by atoms with Crippen LogP contribution in [0.2, 0.25) is 0 Å². The topological polar surface area (TPSA) is 82.1 Å². The molecule has 0 aromatic heterocycles. The third-order valence-electron chi connectivity index (χ3n) is 2.49. The molecule has 0 aromatic carbocycles. The SMILES string of the molecule is C=CCCOCCOCCC(=O)ON1C(=O)CCC1=O. The Kier molecular flexibility index (Phi) is 7.52. The van der Waals surface area contributed by atoms with Gasteiger partial charge in [-0.05, 0) is 6.42 Å². The molecular weight excluding hydrogens is 266 g/mol. The average molecular weight is 285 g/mol. The van der Waals surface area contributed by atoms with Gasteiger partial charge in [-0.1, -0.05) is 6.08 Å². The number of imide groups is 1. The average Bonchev–Trinajstić information content (AvgIpc) is 2.73. The summed E-state index contributed by atoms with van der Waals surface area (Å²) in [4.78, 5) is 38.4. The molecule has 2 amide bonds. The number of amides is 2. The first kappa shape index (κ1) is 16.3. The van der Waals surface area contributed by atoms with E-state index >= 15 is 0 Å². The Morgan fingerprint density at radius 2 is 1.70 bits per heavy atom. The highest BCUT2D eigenvalue weighted by Gasteiger charge is 2.32. The highest BCUT2D eigenvalue weighted by molar-refractivity contribution is 6.01. The van der Waals surface area contributed by atoms with E-state index in [1.54, 1.807) is 6.08 Å². The van der Waals surface area contributed by atoms with Gasteiger partial charge in [0.15, 0.2) is 0 Å². The number of hydrogen-bond donors (Lipinski definition) is 0. The van der Waals surface area contributed by atoms with Crippen molar-refractivity contribution in [2.75, 3.05) is 26.4 Å². The molecule has 1 saturated heterocycles. The van der Waals surface area contributed by atoms with E-state index in [-0.39, 0.29) is 25.9 Å². The summed E-state index contributed by atoms with van der Waals surface area (Å²) in [6, 6.07) is 0. The summed E-state index contributed by atoms with van der Waals surface area (Å²) in [5, 5.41) is 0.529. The van der Waals surface area contributed by atoms with Crippen molar-refractivity contribution in [1.29, 1.82) is 0 Å². The Labute approximate surface area is 117 Å². The number of carbonyl (C=O) groups is 3. The molecule has 0 aliphatic carbocycles. The van der Waals surface area contributed by atoms with Crippen molar-refractivity contribution in [2.45, 2.75) is 25.7 Å². The molecule has 0 bridgehead atoms. The van der Waals surface area contributed by atoms with Gasteiger partial charge in [-0.25, -0.2) is 4.79 Å². The second kappa shape index (κ2) is 9.22. The van der Waals surface area contributed by atoms with E-state index in [0.717, 1.165) is 6.42 Å². The van der Waals surface area contributed by atoms with Gasteiger partial charge in [-0.2, -0.15) is 0 Å². The largest absolute Gasteiger partial charge is 0.379 e. The Balaban J connectivity index is 2.01. The van der Waals surface area contributed by atoms with E-state index in [2.05, 4.69) is 11.4 Å². The van der Waals surface area contributed by atoms with Crippen LogP contribution in [0.25, 0.3) is 0 Å². The summed E-state index contributed by atoms with van der Waals surface area (Å²) in [5.74, 6) is -1.64. The predicted molar refractivity (Wildman–Crippen MR) is 68.2 cm³/mol. The van der Waals surface area contributed by atoms with Crippen molar-refractivity contribution in [3.05, 3.63) is 12.7 Å². The van der Waals surface area contributed by atoms with Crippen molar-refractivity contribution >= 4 is 17.8 Å². The minimum atomic E-state index is -0.666. The summed E-state index contributed by atoms with van der Waals surface area (Å²) >= 11 is 0. The van der Waals surface area contributed by atoms with E-state index in [4.69, 9.17) is 9.47 Å². The van der Waals surface area contributed by atoms with E-state index in [9.17, 15) is 14.4 Å². The van der Waals surface area contributed by atoms with Gasteiger partial charge >= 0.3 is 5.97 Å². The van der Waals surface area contributed by atoms with Gasteiger partial charge in [-0.15, -0.1) is 11.6 Å². The molecule has 1 aliphatic heterocycles. The minimum absolute atomic E-state index is 0.0241. The zero-order chi connectivity index (χ0) is 14.8. The fraction of sp³-hybridized carbons (Fsp3) is 0.615. The number of hydroxylamine groups is 2. The van der Waals surface area contributed by atoms with Crippen LogP contribution in [0.4, 0.5) is 0 Å². The number of rotatable bonds is 10. The molecule has 7 nitrogen and oxygen atoms in total. The minimum Gasteiger partial charge on any atom is -0.379 e. The molecule has 0 saturated carbocycles. The van der Waals surface area contributed by atoms with E-state index in [1.807, 2.05) is 0 Å². The first-order chi connectivity index (χ1) is 9.65. The molecule has 0 N–H and O–H groups in total. The maximum Gasteiger partial charge on any atom is 0.335 e. The van der Waals surface area contributed by atoms with E-state index in [1.165, 1.54) is 0 Å². The zero-order valence-corrected chi connectivity index (χ0v) is 11.3. The zero-order valence-electron chi connectivity index (χ0n) is 11.3. The molecule has 0 aromatic rings. The van der Waals surface area contributed by atoms with Crippen LogP contribution in [-0.4, -0.2) is 49.3 Å². The summed E-state index contributed by atoms with van der Waals surface area (Å²) in [5.41, 5.74) is 0. The number of hydrogen-bond acceptors (Lipinski definition) is 6. The summed E-state index contributed by atoms with van der Waals surface area (Å²) in [6.07, 6.45) is 2.70. The fourth-order valence-electron chi connectivity index (χ4n) is 1.45. The molecule has 0 radical (unpaired) electrons. The van der Waals surface area contributed by atoms with Crippen molar-refractivity contribution in [3.8, 4) is 0 Å². The lowest BCUT2D eigenvalue weighted by Crippen LogP contribution is -2.32. The van der Waals surface area contributed by atoms with Gasteiger partial charge < -0.3 is 14.3 Å². The molecule has 7 heteroatoms. The van der Waals surface area contributed by atoms with Crippen LogP contribution in [0.1, 0.15) is 25.7 Å². The molecule has 0 atom stereocenters. The van der Waals surface area contributed by atoms with Gasteiger partial charge in [0, 0.05) is 12.8 Å². The third-order valence-corrected chi connectivity index (χ3v) is 2.49. The van der Waals surface area contributed by atoms with Crippen LogP contribution in [-0.2, 0) is 28.7 Å². The molecular formula is C13H19NO6. The molecule has 1 heterocycles. The van der Waals surface area contributed by atoms with Crippen LogP contribution in [0.3, 0.4) is 0 Å². The Bertz CT molecular complexity index is 352. The van der Waals surface area contributed by atoms with Gasteiger partial charge in [0.1, 0.15) is 0 Å². The van der Waals surface area contributed by atoms with Crippen LogP contribution in [0, 0.1) is 0 Å². The van der Waals surface area contributed by atoms with Gasteiger partial charge in [0.25, 0.3) is 11.8 Å². The van der Waals surface area contributed by atoms with Crippen LogP contribution < -0.4 is 0 Å². The molecule has 20 heavy (non-hydrogen) atoms. The predicted octanol–water partition coefficient (Wildman–Crippen LogP) is 0.593. The molecule has 1 fully saturated rings. The lowest BCUT2D eigenvalue weighted by atomic mass is 10.4. The van der Waals surface area contributed by atoms with Crippen LogP contribution in [0.5, 0.6) is 0 Å². The second-order valence-electron chi connectivity index (χ2n) is 4.10. The third kappa shape index (κ3) is 5.94. The number of ether oxygens (including phenoxy) is 2. The van der Waals surface area contributed by atoms with Crippen molar-refractivity contribution in [1.82, 2.24) is 5.06 Å². The molecule has 112 valence electrons. The first-order valence-electron chi connectivity index (χ1n) is 6.48. The summed E-state index contributed by atoms with van der Waals surface area (Å²) in [7, 11) is 0. The Morgan fingerprint density at radius 3 is 2.30 bits per heavy atom. The van der Waals surface area contributed by atoms with Crippen LogP contribution >= 0.6 is 0 Å².